The molecule has 2 unspecified atom stereocenters. The Morgan fingerprint density at radius 2 is 1.09 bits per heavy atom. The molecule has 10 nitrogen and oxygen atoms in total. The Labute approximate surface area is 311 Å². The second kappa shape index (κ2) is 16.5. The van der Waals surface area contributed by atoms with E-state index in [9.17, 15) is 19.2 Å². The largest absolute Gasteiger partial charge is 0.378 e. The average molecular weight is 711 g/mol. The molecule has 0 fully saturated rings. The average Bonchev–Trinajstić information content (AvgIpc) is 3.17. The molecule has 0 saturated carbocycles. The number of anilines is 5. The lowest BCUT2D eigenvalue weighted by Crippen LogP contribution is -2.44. The number of nitrogens with one attached hydrogen (secondary N) is 4. The van der Waals surface area contributed by atoms with Crippen LogP contribution in [-0.4, -0.2) is 42.3 Å². The van der Waals surface area contributed by atoms with Crippen LogP contribution in [0.25, 0.3) is 0 Å². The standard InChI is InChI=1S/C43H46N6O4/c1-5-41(51)48-28(3)26-36(34-12-7-9-14-38(34)48)45-31-19-17-30(18-20-31)43(53)44-25-11-16-40(50)47-33-23-21-32(22-24-33)46-37-27-29(4)49(42(52)6-2)39-15-10-8-13-35(37)39/h7-10,12-15,17-24,28-29,36-37,45-46H,5-6,25-27H2,1-4H3,(H,44,53)(H,47,50)/t28-,29?,36+,37?/m0/s1. The molecule has 6 rings (SSSR count). The Balaban J connectivity index is 0.979. The van der Waals surface area contributed by atoms with Gasteiger partial charge in [0.2, 0.25) is 11.8 Å². The van der Waals surface area contributed by atoms with E-state index >= 15 is 0 Å². The van der Waals surface area contributed by atoms with Crippen molar-refractivity contribution in [2.24, 2.45) is 0 Å². The van der Waals surface area contributed by atoms with Gasteiger partial charge in [-0.3, -0.25) is 19.2 Å². The molecule has 4 aromatic carbocycles. The number of rotatable bonds is 9. The molecule has 4 atom stereocenters. The Hall–Kier alpha value is -6.08. The maximum atomic E-state index is 12.8. The summed E-state index contributed by atoms with van der Waals surface area (Å²) in [4.78, 5) is 54.4. The summed E-state index contributed by atoms with van der Waals surface area (Å²) >= 11 is 0. The van der Waals surface area contributed by atoms with Gasteiger partial charge in [0.25, 0.3) is 11.8 Å². The first-order valence-electron chi connectivity index (χ1n) is 18.3. The number of fused-ring (bicyclic) bond motifs is 2. The van der Waals surface area contributed by atoms with Gasteiger partial charge in [-0.15, -0.1) is 0 Å². The van der Waals surface area contributed by atoms with Crippen LogP contribution in [0, 0.1) is 11.8 Å². The summed E-state index contributed by atoms with van der Waals surface area (Å²) in [6, 6.07) is 30.8. The Morgan fingerprint density at radius 3 is 1.58 bits per heavy atom. The number of para-hydroxylation sites is 2. The lowest BCUT2D eigenvalue weighted by molar-refractivity contribution is -0.119. The van der Waals surface area contributed by atoms with Gasteiger partial charge in [0.15, 0.2) is 0 Å². The molecule has 0 saturated heterocycles. The van der Waals surface area contributed by atoms with Crippen molar-refractivity contribution in [1.29, 1.82) is 0 Å². The van der Waals surface area contributed by atoms with Crippen LogP contribution in [-0.2, 0) is 14.4 Å². The molecular formula is C43H46N6O4. The van der Waals surface area contributed by atoms with Crippen molar-refractivity contribution < 1.29 is 19.2 Å². The van der Waals surface area contributed by atoms with E-state index in [1.807, 2.05) is 96.4 Å². The zero-order valence-electron chi connectivity index (χ0n) is 30.6. The third kappa shape index (κ3) is 8.36. The molecule has 10 heteroatoms. The summed E-state index contributed by atoms with van der Waals surface area (Å²) in [7, 11) is 0. The summed E-state index contributed by atoms with van der Waals surface area (Å²) in [5.74, 6) is 4.71. The third-order valence-corrected chi connectivity index (χ3v) is 9.83. The van der Waals surface area contributed by atoms with Crippen molar-refractivity contribution in [1.82, 2.24) is 5.32 Å². The lowest BCUT2D eigenvalue weighted by atomic mass is 9.91. The zero-order valence-corrected chi connectivity index (χ0v) is 30.6. The fourth-order valence-corrected chi connectivity index (χ4v) is 7.28. The molecular weight excluding hydrogens is 665 g/mol. The molecule has 4 amide bonds. The number of hydrogen-bond donors (Lipinski definition) is 4. The molecule has 0 bridgehead atoms. The predicted octanol–water partition coefficient (Wildman–Crippen LogP) is 7.44. The maximum absolute atomic E-state index is 12.8. The van der Waals surface area contributed by atoms with Crippen molar-refractivity contribution in [3.63, 3.8) is 0 Å². The molecule has 53 heavy (non-hydrogen) atoms. The number of nitrogens with zero attached hydrogens (tertiary/aromatic N) is 2. The highest BCUT2D eigenvalue weighted by atomic mass is 16.2. The van der Waals surface area contributed by atoms with Gasteiger partial charge in [0.05, 0.1) is 18.6 Å². The highest BCUT2D eigenvalue weighted by molar-refractivity contribution is 6.04. The molecule has 2 aliphatic heterocycles. The van der Waals surface area contributed by atoms with Crippen LogP contribution in [0.1, 0.15) is 86.9 Å². The molecule has 272 valence electrons. The summed E-state index contributed by atoms with van der Waals surface area (Å²) in [5, 5.41) is 12.7. The predicted molar refractivity (Wildman–Crippen MR) is 211 cm³/mol. The van der Waals surface area contributed by atoms with Crippen LogP contribution in [0.4, 0.5) is 28.4 Å². The van der Waals surface area contributed by atoms with Gasteiger partial charge in [0.1, 0.15) is 0 Å². The fraction of sp³-hybridized carbons (Fsp3) is 0.302. The van der Waals surface area contributed by atoms with Crippen LogP contribution in [0.5, 0.6) is 0 Å². The highest BCUT2D eigenvalue weighted by Gasteiger charge is 2.34. The lowest BCUT2D eigenvalue weighted by Gasteiger charge is -2.40. The molecule has 4 N–H and O–H groups in total. The molecule has 0 aliphatic carbocycles. The first-order chi connectivity index (χ1) is 25.7. The number of carbonyl (C=O) groups excluding carboxylic acids is 4. The van der Waals surface area contributed by atoms with Gasteiger partial charge >= 0.3 is 0 Å². The van der Waals surface area contributed by atoms with Gasteiger partial charge in [-0.2, -0.15) is 0 Å². The molecule has 0 aromatic heterocycles. The topological polar surface area (TPSA) is 123 Å². The Kier molecular flexibility index (Phi) is 11.4. The Bertz CT molecular complexity index is 2030. The van der Waals surface area contributed by atoms with E-state index in [0.717, 1.165) is 46.7 Å². The minimum atomic E-state index is -0.480. The van der Waals surface area contributed by atoms with Gasteiger partial charge in [0, 0.05) is 58.9 Å². The molecule has 2 aliphatic rings. The first-order valence-corrected chi connectivity index (χ1v) is 18.3. The van der Waals surface area contributed by atoms with E-state index < -0.39 is 5.91 Å². The van der Waals surface area contributed by atoms with E-state index in [2.05, 4.69) is 59.1 Å². The van der Waals surface area contributed by atoms with Gasteiger partial charge in [-0.1, -0.05) is 56.2 Å². The summed E-state index contributed by atoms with van der Waals surface area (Å²) in [6.07, 6.45) is 2.44. The number of carbonyl (C=O) groups is 4. The monoisotopic (exact) mass is 710 g/mol. The van der Waals surface area contributed by atoms with Crippen molar-refractivity contribution in [3.05, 3.63) is 114 Å². The van der Waals surface area contributed by atoms with Crippen LogP contribution < -0.4 is 31.1 Å². The van der Waals surface area contributed by atoms with E-state index in [-0.39, 0.29) is 48.4 Å². The second-order valence-corrected chi connectivity index (χ2v) is 13.5. The Morgan fingerprint density at radius 1 is 0.642 bits per heavy atom. The summed E-state index contributed by atoms with van der Waals surface area (Å²) in [6.45, 7) is 7.92. The maximum Gasteiger partial charge on any atom is 0.300 e. The van der Waals surface area contributed by atoms with Crippen molar-refractivity contribution in [3.8, 4) is 11.8 Å². The summed E-state index contributed by atoms with van der Waals surface area (Å²) < 4.78 is 0. The van der Waals surface area contributed by atoms with Crippen LogP contribution in [0.15, 0.2) is 97.1 Å². The van der Waals surface area contributed by atoms with E-state index in [4.69, 9.17) is 0 Å². The molecule has 0 spiro atoms. The number of hydrogen-bond acceptors (Lipinski definition) is 6. The number of amides is 4. The minimum Gasteiger partial charge on any atom is -0.378 e. The minimum absolute atomic E-state index is 0.0153. The first kappa shape index (κ1) is 36.7. The van der Waals surface area contributed by atoms with Crippen LogP contribution in [0.3, 0.4) is 0 Å². The van der Waals surface area contributed by atoms with E-state index in [1.165, 1.54) is 0 Å². The molecule has 4 aromatic rings. The second-order valence-electron chi connectivity index (χ2n) is 13.5. The van der Waals surface area contributed by atoms with Crippen molar-refractivity contribution >= 4 is 52.1 Å². The van der Waals surface area contributed by atoms with Gasteiger partial charge in [-0.05, 0) is 104 Å². The molecule has 0 radical (unpaired) electrons. The SMILES string of the molecule is CCC(=O)N1c2ccccc2C(Nc2ccc(NC(=O)C#CCNC(=O)c3ccc(N[C@@H]4C[C@H](C)N(C(=O)CC)c5ccccc54)cc3)cc2)CC1C. The highest BCUT2D eigenvalue weighted by Crippen LogP contribution is 2.40. The van der Waals surface area contributed by atoms with Crippen LogP contribution >= 0.6 is 0 Å². The fourth-order valence-electron chi connectivity index (χ4n) is 7.28. The quantitative estimate of drug-likeness (QED) is 0.134. The normalized spacial score (nSPS) is 18.7. The van der Waals surface area contributed by atoms with Crippen LogP contribution in [0.2, 0.25) is 0 Å². The zero-order chi connectivity index (χ0) is 37.5. The van der Waals surface area contributed by atoms with Gasteiger partial charge < -0.3 is 31.1 Å². The van der Waals surface area contributed by atoms with Crippen molar-refractivity contribution in [2.45, 2.75) is 77.5 Å². The van der Waals surface area contributed by atoms with E-state index in [1.54, 1.807) is 12.1 Å². The smallest absolute Gasteiger partial charge is 0.300 e. The third-order valence-electron chi connectivity index (χ3n) is 9.83. The number of benzene rings is 4. The molecule has 2 heterocycles. The van der Waals surface area contributed by atoms with Gasteiger partial charge in [-0.25, -0.2) is 0 Å². The summed E-state index contributed by atoms with van der Waals surface area (Å²) in [5.41, 5.74) is 6.87. The van der Waals surface area contributed by atoms with E-state index in [0.29, 0.717) is 24.1 Å². The van der Waals surface area contributed by atoms with Crippen molar-refractivity contribution in [2.75, 3.05) is 32.3 Å².